The first-order valence-electron chi connectivity index (χ1n) is 8.34. The summed E-state index contributed by atoms with van der Waals surface area (Å²) in [5.74, 6) is 0.254. The number of hydrogen-bond acceptors (Lipinski definition) is 6. The van der Waals surface area contributed by atoms with Gasteiger partial charge in [0.05, 0.1) is 18.2 Å². The molecule has 0 bridgehead atoms. The van der Waals surface area contributed by atoms with E-state index in [2.05, 4.69) is 15.6 Å². The zero-order valence-electron chi connectivity index (χ0n) is 14.6. The summed E-state index contributed by atoms with van der Waals surface area (Å²) in [4.78, 5) is 16.7. The van der Waals surface area contributed by atoms with Crippen LogP contribution in [0.15, 0.2) is 18.3 Å². The zero-order chi connectivity index (χ0) is 17.2. The number of ether oxygens (including phenoxy) is 2. The van der Waals surface area contributed by atoms with Crippen molar-refractivity contribution in [3.63, 3.8) is 0 Å². The van der Waals surface area contributed by atoms with Gasteiger partial charge < -0.3 is 25.2 Å². The van der Waals surface area contributed by atoms with Crippen molar-refractivity contribution in [3.8, 4) is 5.75 Å². The Bertz CT molecular complexity index is 604. The topological polar surface area (TPSA) is 92.7 Å². The minimum atomic E-state index is -0.768. The number of halogens is 1. The molecule has 0 aromatic carbocycles. The number of aliphatic hydroxyl groups is 1. The predicted molar refractivity (Wildman–Crippen MR) is 95.3 cm³/mol. The number of hydrogen-bond donors (Lipinski definition) is 3. The summed E-state index contributed by atoms with van der Waals surface area (Å²) in [6.45, 7) is 4.00. The van der Waals surface area contributed by atoms with Gasteiger partial charge in [-0.05, 0) is 45.3 Å². The summed E-state index contributed by atoms with van der Waals surface area (Å²) in [5.41, 5.74) is -1.07. The second-order valence-electron chi connectivity index (χ2n) is 6.77. The predicted octanol–water partition coefficient (Wildman–Crippen LogP) is 0.904. The van der Waals surface area contributed by atoms with Gasteiger partial charge in [-0.3, -0.25) is 9.78 Å². The molecule has 2 saturated heterocycles. The van der Waals surface area contributed by atoms with E-state index in [1.807, 2.05) is 6.92 Å². The van der Waals surface area contributed by atoms with Crippen LogP contribution in [0, 0.1) is 0 Å². The highest BCUT2D eigenvalue weighted by Crippen LogP contribution is 2.38. The molecule has 3 N–H and O–H groups in total. The Kier molecular flexibility index (Phi) is 6.26. The number of carbonyl (C=O) groups excluding carboxylic acids is 1. The second kappa shape index (κ2) is 7.86. The molecule has 2 fully saturated rings. The largest absolute Gasteiger partial charge is 0.497 e. The van der Waals surface area contributed by atoms with E-state index in [4.69, 9.17) is 9.47 Å². The third kappa shape index (κ3) is 3.89. The summed E-state index contributed by atoms with van der Waals surface area (Å²) in [6.07, 6.45) is 2.79. The van der Waals surface area contributed by atoms with Crippen LogP contribution in [0.4, 0.5) is 0 Å². The Labute approximate surface area is 153 Å². The molecular weight excluding hydrogens is 346 g/mol. The lowest BCUT2D eigenvalue weighted by atomic mass is 9.73. The van der Waals surface area contributed by atoms with E-state index in [0.29, 0.717) is 18.8 Å². The lowest BCUT2D eigenvalue weighted by Gasteiger charge is -2.52. The van der Waals surface area contributed by atoms with Gasteiger partial charge in [0.25, 0.3) is 5.91 Å². The van der Waals surface area contributed by atoms with Gasteiger partial charge in [-0.1, -0.05) is 0 Å². The average molecular weight is 372 g/mol. The smallest absolute Gasteiger partial charge is 0.270 e. The molecule has 0 saturated carbocycles. The van der Waals surface area contributed by atoms with Gasteiger partial charge in [0, 0.05) is 18.9 Å². The molecule has 8 heteroatoms. The Morgan fingerprint density at radius 1 is 1.44 bits per heavy atom. The molecule has 1 aromatic heterocycles. The molecule has 140 valence electrons. The Morgan fingerprint density at radius 3 is 2.84 bits per heavy atom. The first kappa shape index (κ1) is 19.9. The monoisotopic (exact) mass is 371 g/mol. The third-order valence-electron chi connectivity index (χ3n) is 5.16. The molecule has 1 spiro atoms. The Balaban J connectivity index is 0.00000225. The van der Waals surface area contributed by atoms with Crippen LogP contribution in [0.25, 0.3) is 0 Å². The number of rotatable bonds is 3. The van der Waals surface area contributed by atoms with Crippen molar-refractivity contribution in [2.75, 3.05) is 26.8 Å². The fraction of sp³-hybridized carbons (Fsp3) is 0.647. The van der Waals surface area contributed by atoms with Crippen molar-refractivity contribution >= 4 is 18.3 Å². The number of aliphatic hydroxyl groups excluding tert-OH is 1. The molecule has 3 rings (SSSR count). The van der Waals surface area contributed by atoms with Crippen molar-refractivity contribution in [1.82, 2.24) is 15.6 Å². The van der Waals surface area contributed by atoms with E-state index in [9.17, 15) is 9.90 Å². The summed E-state index contributed by atoms with van der Waals surface area (Å²) in [5, 5.41) is 17.2. The molecular formula is C17H26ClN3O4. The van der Waals surface area contributed by atoms with Crippen molar-refractivity contribution < 1.29 is 19.4 Å². The van der Waals surface area contributed by atoms with Crippen LogP contribution >= 0.6 is 12.4 Å². The SMILES string of the molecule is COc1ccnc(C(=O)N[C@]2(C)CCOC3(CCNCC3)[C@H]2O)c1.Cl. The molecule has 1 aromatic rings. The van der Waals surface area contributed by atoms with E-state index in [0.717, 1.165) is 25.9 Å². The second-order valence-corrected chi connectivity index (χ2v) is 6.77. The number of amides is 1. The first-order chi connectivity index (χ1) is 11.5. The van der Waals surface area contributed by atoms with Crippen LogP contribution in [0.3, 0.4) is 0 Å². The van der Waals surface area contributed by atoms with Gasteiger partial charge >= 0.3 is 0 Å². The fourth-order valence-electron chi connectivity index (χ4n) is 3.65. The summed E-state index contributed by atoms with van der Waals surface area (Å²) < 4.78 is 11.1. The maximum atomic E-state index is 12.6. The molecule has 2 aliphatic rings. The molecule has 0 unspecified atom stereocenters. The van der Waals surface area contributed by atoms with Crippen molar-refractivity contribution in [2.24, 2.45) is 0 Å². The van der Waals surface area contributed by atoms with E-state index >= 15 is 0 Å². The molecule has 0 aliphatic carbocycles. The van der Waals surface area contributed by atoms with Gasteiger partial charge in [0.2, 0.25) is 0 Å². The summed E-state index contributed by atoms with van der Waals surface area (Å²) in [7, 11) is 1.54. The molecule has 1 amide bonds. The number of pyridine rings is 1. The molecule has 2 atom stereocenters. The number of nitrogens with zero attached hydrogens (tertiary/aromatic N) is 1. The number of piperidine rings is 1. The van der Waals surface area contributed by atoms with Gasteiger partial charge in [-0.25, -0.2) is 0 Å². The maximum Gasteiger partial charge on any atom is 0.270 e. The zero-order valence-corrected chi connectivity index (χ0v) is 15.4. The summed E-state index contributed by atoms with van der Waals surface area (Å²) in [6, 6.07) is 3.27. The number of aromatic nitrogens is 1. The molecule has 2 aliphatic heterocycles. The minimum Gasteiger partial charge on any atom is -0.497 e. The van der Waals surface area contributed by atoms with E-state index < -0.39 is 17.2 Å². The van der Waals surface area contributed by atoms with Crippen LogP contribution < -0.4 is 15.4 Å². The Hall–Kier alpha value is -1.41. The van der Waals surface area contributed by atoms with Crippen molar-refractivity contribution in [2.45, 2.75) is 43.4 Å². The molecule has 3 heterocycles. The number of methoxy groups -OCH3 is 1. The lowest BCUT2D eigenvalue weighted by Crippen LogP contribution is -2.69. The fourth-order valence-corrected chi connectivity index (χ4v) is 3.65. The van der Waals surface area contributed by atoms with E-state index in [1.165, 1.54) is 6.20 Å². The van der Waals surface area contributed by atoms with E-state index in [1.54, 1.807) is 19.2 Å². The highest BCUT2D eigenvalue weighted by molar-refractivity contribution is 5.93. The molecule has 7 nitrogen and oxygen atoms in total. The van der Waals surface area contributed by atoms with Gasteiger partial charge in [-0.15, -0.1) is 12.4 Å². The maximum absolute atomic E-state index is 12.6. The normalized spacial score (nSPS) is 28.0. The van der Waals surface area contributed by atoms with Crippen molar-refractivity contribution in [1.29, 1.82) is 0 Å². The number of carbonyl (C=O) groups is 1. The molecule has 25 heavy (non-hydrogen) atoms. The average Bonchev–Trinajstić information content (AvgIpc) is 2.61. The quantitative estimate of drug-likeness (QED) is 0.731. The van der Waals surface area contributed by atoms with Crippen molar-refractivity contribution in [3.05, 3.63) is 24.0 Å². The minimum absolute atomic E-state index is 0. The van der Waals surface area contributed by atoms with E-state index in [-0.39, 0.29) is 24.0 Å². The standard InChI is InChI=1S/C17H25N3O4.ClH/c1-16(20-14(21)13-11-12(23-2)3-7-19-13)6-10-24-17(15(16)22)4-8-18-9-5-17;/h3,7,11,15,18,22H,4-6,8-10H2,1-2H3,(H,20,21);1H/t15-,16+;/m0./s1. The van der Waals surface area contributed by atoms with Crippen LogP contribution in [-0.4, -0.2) is 60.0 Å². The summed E-state index contributed by atoms with van der Waals surface area (Å²) >= 11 is 0. The van der Waals surface area contributed by atoms with Crippen LogP contribution in [-0.2, 0) is 4.74 Å². The van der Waals surface area contributed by atoms with Gasteiger partial charge in [-0.2, -0.15) is 0 Å². The molecule has 0 radical (unpaired) electrons. The van der Waals surface area contributed by atoms with Crippen LogP contribution in [0.2, 0.25) is 0 Å². The number of nitrogens with one attached hydrogen (secondary N) is 2. The lowest BCUT2D eigenvalue weighted by molar-refractivity contribution is -0.197. The third-order valence-corrected chi connectivity index (χ3v) is 5.16. The highest BCUT2D eigenvalue weighted by Gasteiger charge is 2.53. The first-order valence-corrected chi connectivity index (χ1v) is 8.34. The highest BCUT2D eigenvalue weighted by atomic mass is 35.5. The van der Waals surface area contributed by atoms with Gasteiger partial charge in [0.1, 0.15) is 17.5 Å². The Morgan fingerprint density at radius 2 is 2.16 bits per heavy atom. The van der Waals surface area contributed by atoms with Crippen LogP contribution in [0.1, 0.15) is 36.7 Å². The van der Waals surface area contributed by atoms with Crippen LogP contribution in [0.5, 0.6) is 5.75 Å². The van der Waals surface area contributed by atoms with Gasteiger partial charge in [0.15, 0.2) is 0 Å².